The van der Waals surface area contributed by atoms with E-state index in [0.717, 1.165) is 5.56 Å². The lowest BCUT2D eigenvalue weighted by molar-refractivity contribution is -0.119. The highest BCUT2D eigenvalue weighted by Gasteiger charge is 2.08. The summed E-state index contributed by atoms with van der Waals surface area (Å²) in [5.74, 6) is 0.627. The number of benzene rings is 1. The molecule has 0 saturated carbocycles. The minimum Gasteiger partial charge on any atom is -0.393 e. The maximum absolute atomic E-state index is 11.9. The van der Waals surface area contributed by atoms with E-state index in [1.807, 2.05) is 30.3 Å². The van der Waals surface area contributed by atoms with E-state index in [-0.39, 0.29) is 12.3 Å². The van der Waals surface area contributed by atoms with Crippen LogP contribution >= 0.6 is 0 Å². The van der Waals surface area contributed by atoms with E-state index < -0.39 is 0 Å². The zero-order valence-corrected chi connectivity index (χ0v) is 12.0. The first-order chi connectivity index (χ1) is 10.7. The van der Waals surface area contributed by atoms with Crippen molar-refractivity contribution in [3.63, 3.8) is 0 Å². The highest BCUT2D eigenvalue weighted by Crippen LogP contribution is 2.21. The van der Waals surface area contributed by atoms with Gasteiger partial charge in [0.15, 0.2) is 11.6 Å². The largest absolute Gasteiger partial charge is 0.393 e. The van der Waals surface area contributed by atoms with Gasteiger partial charge in [0, 0.05) is 6.54 Å². The predicted octanol–water partition coefficient (Wildman–Crippen LogP) is 1.34. The van der Waals surface area contributed by atoms with Gasteiger partial charge >= 0.3 is 0 Å². The molecular formula is C15H18N6O. The van der Waals surface area contributed by atoms with Crippen molar-refractivity contribution in [2.75, 3.05) is 23.0 Å². The average molecular weight is 298 g/mol. The monoisotopic (exact) mass is 298 g/mol. The van der Waals surface area contributed by atoms with Crippen LogP contribution < -0.4 is 21.9 Å². The van der Waals surface area contributed by atoms with Crippen LogP contribution in [0.4, 0.5) is 17.3 Å². The highest BCUT2D eigenvalue weighted by molar-refractivity contribution is 5.81. The zero-order chi connectivity index (χ0) is 15.8. The molecule has 1 aromatic heterocycles. The molecule has 1 amide bonds. The summed E-state index contributed by atoms with van der Waals surface area (Å²) in [6, 6.07) is 9.44. The van der Waals surface area contributed by atoms with Crippen LogP contribution in [0.5, 0.6) is 0 Å². The number of nitrogens with zero attached hydrogens (tertiary/aromatic N) is 2. The molecule has 5 N–H and O–H groups in total. The van der Waals surface area contributed by atoms with E-state index in [0.29, 0.717) is 23.9 Å². The fourth-order valence-corrected chi connectivity index (χ4v) is 1.76. The molecule has 1 aromatic carbocycles. The molecule has 7 nitrogen and oxygen atoms in total. The highest BCUT2D eigenvalue weighted by atomic mass is 16.2. The Morgan fingerprint density at radius 2 is 1.95 bits per heavy atom. The van der Waals surface area contributed by atoms with Gasteiger partial charge in [-0.25, -0.2) is 9.97 Å². The Morgan fingerprint density at radius 1 is 1.23 bits per heavy atom. The molecule has 1 heterocycles. The van der Waals surface area contributed by atoms with E-state index in [1.54, 1.807) is 6.08 Å². The van der Waals surface area contributed by atoms with Crippen molar-refractivity contribution < 1.29 is 4.79 Å². The third-order valence-corrected chi connectivity index (χ3v) is 2.83. The number of hydrogen-bond acceptors (Lipinski definition) is 6. The molecule has 0 atom stereocenters. The first-order valence-electron chi connectivity index (χ1n) is 6.74. The maximum Gasteiger partial charge on any atom is 0.242 e. The first kappa shape index (κ1) is 15.3. The molecule has 0 saturated heterocycles. The lowest BCUT2D eigenvalue weighted by Crippen LogP contribution is -2.31. The minimum atomic E-state index is -0.190. The second-order valence-corrected chi connectivity index (χ2v) is 4.49. The van der Waals surface area contributed by atoms with Gasteiger partial charge in [0.05, 0.1) is 6.42 Å². The maximum atomic E-state index is 11.9. The minimum absolute atomic E-state index is 0.190. The van der Waals surface area contributed by atoms with Crippen molar-refractivity contribution >= 4 is 23.2 Å². The second-order valence-electron chi connectivity index (χ2n) is 4.49. The molecule has 114 valence electrons. The normalized spacial score (nSPS) is 9.82. The lowest BCUT2D eigenvalue weighted by atomic mass is 10.1. The number of anilines is 3. The van der Waals surface area contributed by atoms with Gasteiger partial charge in [0.2, 0.25) is 5.91 Å². The number of carbonyl (C=O) groups is 1. The van der Waals surface area contributed by atoms with Gasteiger partial charge in [-0.3, -0.25) is 15.6 Å². The van der Waals surface area contributed by atoms with Crippen molar-refractivity contribution in [2.24, 2.45) is 0 Å². The van der Waals surface area contributed by atoms with Crippen molar-refractivity contribution in [2.45, 2.75) is 6.42 Å². The summed E-state index contributed by atoms with van der Waals surface area (Å²) in [7, 11) is 0. The number of carbonyl (C=O) groups excluding carboxylic acids is 1. The molecule has 7 heteroatoms. The molecule has 0 radical (unpaired) electrons. The van der Waals surface area contributed by atoms with E-state index in [1.165, 1.54) is 6.33 Å². The number of nitrogens with one attached hydrogen (secondary N) is 3. The third kappa shape index (κ3) is 4.20. The van der Waals surface area contributed by atoms with Crippen molar-refractivity contribution in [1.82, 2.24) is 15.4 Å². The Hall–Kier alpha value is -3.09. The quantitative estimate of drug-likeness (QED) is 0.454. The molecule has 0 aliphatic heterocycles. The van der Waals surface area contributed by atoms with Gasteiger partial charge in [-0.05, 0) is 5.56 Å². The topological polar surface area (TPSA) is 105 Å². The van der Waals surface area contributed by atoms with E-state index in [9.17, 15) is 4.79 Å². The molecule has 0 aliphatic carbocycles. The predicted molar refractivity (Wildman–Crippen MR) is 87.0 cm³/mol. The fourth-order valence-electron chi connectivity index (χ4n) is 1.76. The number of amides is 1. The number of nitrogens with two attached hydrogens (primary N) is 1. The Bertz CT molecular complexity index is 644. The van der Waals surface area contributed by atoms with E-state index >= 15 is 0 Å². The summed E-state index contributed by atoms with van der Waals surface area (Å²) in [5.41, 5.74) is 12.4. The van der Waals surface area contributed by atoms with Crippen molar-refractivity contribution in [3.05, 3.63) is 54.9 Å². The summed E-state index contributed by atoms with van der Waals surface area (Å²) >= 11 is 0. The smallest absolute Gasteiger partial charge is 0.242 e. The third-order valence-electron chi connectivity index (χ3n) is 2.83. The second kappa shape index (κ2) is 7.63. The summed E-state index contributed by atoms with van der Waals surface area (Å²) < 4.78 is 0. The standard InChI is InChI=1S/C15H18N6O/c1-2-8-17-14-13(16)15(19-10-18-14)21-20-12(22)9-11-6-4-3-5-7-11/h2-7,10H,1,8-9,16H2,(H,20,22)(H2,17,18,19,21). The van der Waals surface area contributed by atoms with E-state index in [2.05, 4.69) is 32.7 Å². The molecule has 2 aromatic rings. The van der Waals surface area contributed by atoms with Crippen LogP contribution in [0.2, 0.25) is 0 Å². The number of nitrogen functional groups attached to an aromatic ring is 1. The van der Waals surface area contributed by atoms with Crippen molar-refractivity contribution in [1.29, 1.82) is 0 Å². The molecule has 0 spiro atoms. The van der Waals surface area contributed by atoms with Gasteiger partial charge in [0.1, 0.15) is 12.0 Å². The lowest BCUT2D eigenvalue weighted by Gasteiger charge is -2.12. The number of hydrogen-bond donors (Lipinski definition) is 4. The Balaban J connectivity index is 1.93. The Kier molecular flexibility index (Phi) is 5.31. The average Bonchev–Trinajstić information content (AvgIpc) is 2.54. The molecule has 0 bridgehead atoms. The summed E-state index contributed by atoms with van der Waals surface area (Å²) in [5, 5.41) is 2.98. The molecule has 2 rings (SSSR count). The van der Waals surface area contributed by atoms with Crippen LogP contribution in [0, 0.1) is 0 Å². The van der Waals surface area contributed by atoms with Crippen LogP contribution in [0.3, 0.4) is 0 Å². The number of rotatable bonds is 7. The van der Waals surface area contributed by atoms with Crippen LogP contribution in [0.15, 0.2) is 49.3 Å². The molecule has 0 fully saturated rings. The Labute approximate surface area is 128 Å². The molecule has 0 unspecified atom stereocenters. The zero-order valence-electron chi connectivity index (χ0n) is 12.0. The summed E-state index contributed by atoms with van der Waals surface area (Å²) in [6.07, 6.45) is 3.31. The van der Waals surface area contributed by atoms with Gasteiger partial charge < -0.3 is 11.1 Å². The molecule has 0 aliphatic rings. The van der Waals surface area contributed by atoms with Crippen LogP contribution in [0.1, 0.15) is 5.56 Å². The van der Waals surface area contributed by atoms with Crippen LogP contribution in [-0.4, -0.2) is 22.4 Å². The van der Waals surface area contributed by atoms with Gasteiger partial charge in [-0.2, -0.15) is 0 Å². The van der Waals surface area contributed by atoms with Crippen LogP contribution in [0.25, 0.3) is 0 Å². The van der Waals surface area contributed by atoms with Gasteiger partial charge in [-0.15, -0.1) is 6.58 Å². The number of hydrazine groups is 1. The van der Waals surface area contributed by atoms with Gasteiger partial charge in [0.25, 0.3) is 0 Å². The van der Waals surface area contributed by atoms with Crippen molar-refractivity contribution in [3.8, 4) is 0 Å². The SMILES string of the molecule is C=CCNc1ncnc(NNC(=O)Cc2ccccc2)c1N. The molecule has 22 heavy (non-hydrogen) atoms. The number of aromatic nitrogens is 2. The molecular weight excluding hydrogens is 280 g/mol. The first-order valence-corrected chi connectivity index (χ1v) is 6.74. The van der Waals surface area contributed by atoms with Gasteiger partial charge in [-0.1, -0.05) is 36.4 Å². The van der Waals surface area contributed by atoms with Crippen LogP contribution in [-0.2, 0) is 11.2 Å². The van der Waals surface area contributed by atoms with E-state index in [4.69, 9.17) is 5.73 Å². The summed E-state index contributed by atoms with van der Waals surface area (Å²) in [4.78, 5) is 19.9. The summed E-state index contributed by atoms with van der Waals surface area (Å²) in [6.45, 7) is 4.14. The fraction of sp³-hybridized carbons (Fsp3) is 0.133. The Morgan fingerprint density at radius 3 is 2.68 bits per heavy atom.